The number of piperidine rings is 1. The molecule has 0 spiro atoms. The van der Waals surface area contributed by atoms with Gasteiger partial charge in [-0.2, -0.15) is 0 Å². The summed E-state index contributed by atoms with van der Waals surface area (Å²) in [5.41, 5.74) is 2.05. The largest absolute Gasteiger partial charge is 0.356 e. The van der Waals surface area contributed by atoms with E-state index in [1.54, 1.807) is 4.90 Å². The second-order valence-corrected chi connectivity index (χ2v) is 7.36. The number of hydrogen-bond donors (Lipinski definition) is 1. The van der Waals surface area contributed by atoms with Gasteiger partial charge in [-0.15, -0.1) is 0 Å². The summed E-state index contributed by atoms with van der Waals surface area (Å²) >= 11 is 0. The molecule has 0 saturated carbocycles. The standard InChI is InChI=1S/C20H29N3O2/c1-3-22-10-8-16(9-11-22)13-21-20(25)17-12-19(24)23(14-17)18-6-4-15(2)5-7-18/h4-7,16-17H,3,8-14H2,1-2H3,(H,21,25)/t17-/m0/s1. The maximum absolute atomic E-state index is 12.5. The highest BCUT2D eigenvalue weighted by Crippen LogP contribution is 2.25. The monoisotopic (exact) mass is 343 g/mol. The van der Waals surface area contributed by atoms with Gasteiger partial charge in [0.15, 0.2) is 0 Å². The summed E-state index contributed by atoms with van der Waals surface area (Å²) < 4.78 is 0. The third kappa shape index (κ3) is 4.40. The Bertz CT molecular complexity index is 606. The van der Waals surface area contributed by atoms with Gasteiger partial charge in [-0.1, -0.05) is 24.6 Å². The lowest BCUT2D eigenvalue weighted by atomic mass is 9.96. The molecule has 1 aromatic rings. The number of carbonyl (C=O) groups excluding carboxylic acids is 2. The second-order valence-electron chi connectivity index (χ2n) is 7.36. The zero-order valence-corrected chi connectivity index (χ0v) is 15.3. The molecule has 2 fully saturated rings. The van der Waals surface area contributed by atoms with Crippen molar-refractivity contribution in [3.8, 4) is 0 Å². The lowest BCUT2D eigenvalue weighted by Crippen LogP contribution is -2.40. The SMILES string of the molecule is CCN1CCC(CNC(=O)[C@H]2CC(=O)N(c3ccc(C)cc3)C2)CC1. The average Bonchev–Trinajstić information content (AvgIpc) is 3.02. The maximum Gasteiger partial charge on any atom is 0.227 e. The minimum absolute atomic E-state index is 0.0286. The first-order valence-corrected chi connectivity index (χ1v) is 9.44. The van der Waals surface area contributed by atoms with Crippen LogP contribution >= 0.6 is 0 Å². The Kier molecular flexibility index (Phi) is 5.74. The van der Waals surface area contributed by atoms with Gasteiger partial charge in [-0.05, 0) is 57.5 Å². The summed E-state index contributed by atoms with van der Waals surface area (Å²) in [5, 5.41) is 3.09. The van der Waals surface area contributed by atoms with E-state index in [9.17, 15) is 9.59 Å². The van der Waals surface area contributed by atoms with Crippen molar-refractivity contribution < 1.29 is 9.59 Å². The quantitative estimate of drug-likeness (QED) is 0.892. The van der Waals surface area contributed by atoms with Gasteiger partial charge in [0.25, 0.3) is 0 Å². The van der Waals surface area contributed by atoms with Crippen molar-refractivity contribution >= 4 is 17.5 Å². The maximum atomic E-state index is 12.5. The molecule has 0 unspecified atom stereocenters. The number of aryl methyl sites for hydroxylation is 1. The van der Waals surface area contributed by atoms with Crippen molar-refractivity contribution in [2.75, 3.05) is 37.6 Å². The van der Waals surface area contributed by atoms with Gasteiger partial charge in [0.2, 0.25) is 11.8 Å². The number of benzene rings is 1. The van der Waals surface area contributed by atoms with Crippen molar-refractivity contribution in [2.45, 2.75) is 33.1 Å². The van der Waals surface area contributed by atoms with Crippen LogP contribution in [0, 0.1) is 18.8 Å². The Hall–Kier alpha value is -1.88. The van der Waals surface area contributed by atoms with E-state index in [2.05, 4.69) is 17.1 Å². The van der Waals surface area contributed by atoms with Crippen LogP contribution in [0.4, 0.5) is 5.69 Å². The number of anilines is 1. The normalized spacial score (nSPS) is 22.4. The molecule has 3 rings (SSSR count). The second kappa shape index (κ2) is 8.00. The van der Waals surface area contributed by atoms with Crippen LogP contribution in [0.25, 0.3) is 0 Å². The first kappa shape index (κ1) is 17.9. The highest BCUT2D eigenvalue weighted by atomic mass is 16.2. The van der Waals surface area contributed by atoms with Gasteiger partial charge in [-0.3, -0.25) is 9.59 Å². The van der Waals surface area contributed by atoms with Gasteiger partial charge < -0.3 is 15.1 Å². The molecule has 2 amide bonds. The summed E-state index contributed by atoms with van der Waals surface area (Å²) in [5.74, 6) is 0.405. The minimum atomic E-state index is -0.232. The Morgan fingerprint density at radius 2 is 1.88 bits per heavy atom. The van der Waals surface area contributed by atoms with E-state index in [-0.39, 0.29) is 17.7 Å². The highest BCUT2D eigenvalue weighted by Gasteiger charge is 2.35. The van der Waals surface area contributed by atoms with Crippen LogP contribution in [0.1, 0.15) is 31.7 Å². The smallest absolute Gasteiger partial charge is 0.227 e. The molecular weight excluding hydrogens is 314 g/mol. The lowest BCUT2D eigenvalue weighted by Gasteiger charge is -2.31. The van der Waals surface area contributed by atoms with E-state index in [0.717, 1.165) is 44.7 Å². The molecule has 1 aromatic carbocycles. The molecule has 2 aliphatic heterocycles. The Labute approximate surface area is 150 Å². The molecule has 0 aliphatic carbocycles. The predicted molar refractivity (Wildman–Crippen MR) is 99.5 cm³/mol. The van der Waals surface area contributed by atoms with Gasteiger partial charge in [0.1, 0.15) is 0 Å². The topological polar surface area (TPSA) is 52.7 Å². The number of nitrogens with one attached hydrogen (secondary N) is 1. The summed E-state index contributed by atoms with van der Waals surface area (Å²) in [6.07, 6.45) is 2.61. The molecular formula is C20H29N3O2. The van der Waals surface area contributed by atoms with Gasteiger partial charge in [0, 0.05) is 25.2 Å². The summed E-state index contributed by atoms with van der Waals surface area (Å²) in [4.78, 5) is 29.0. The molecule has 5 nitrogen and oxygen atoms in total. The zero-order valence-electron chi connectivity index (χ0n) is 15.3. The van der Waals surface area contributed by atoms with Crippen LogP contribution in [0.5, 0.6) is 0 Å². The molecule has 1 N–H and O–H groups in total. The van der Waals surface area contributed by atoms with Crippen LogP contribution in [0.2, 0.25) is 0 Å². The number of nitrogens with zero attached hydrogens (tertiary/aromatic N) is 2. The number of rotatable bonds is 5. The highest BCUT2D eigenvalue weighted by molar-refractivity contribution is 6.00. The van der Waals surface area contributed by atoms with E-state index in [1.807, 2.05) is 31.2 Å². The van der Waals surface area contributed by atoms with Crippen LogP contribution in [-0.2, 0) is 9.59 Å². The molecule has 5 heteroatoms. The third-order valence-corrected chi connectivity index (χ3v) is 5.56. The van der Waals surface area contributed by atoms with Crippen molar-refractivity contribution in [3.05, 3.63) is 29.8 Å². The van der Waals surface area contributed by atoms with Crippen molar-refractivity contribution in [2.24, 2.45) is 11.8 Å². The average molecular weight is 343 g/mol. The molecule has 0 radical (unpaired) electrons. The molecule has 25 heavy (non-hydrogen) atoms. The lowest BCUT2D eigenvalue weighted by molar-refractivity contribution is -0.126. The molecule has 0 bridgehead atoms. The molecule has 2 aliphatic rings. The van der Waals surface area contributed by atoms with Crippen LogP contribution < -0.4 is 10.2 Å². The molecule has 0 aromatic heterocycles. The molecule has 136 valence electrons. The Balaban J connectivity index is 1.48. The number of amides is 2. The van der Waals surface area contributed by atoms with Crippen LogP contribution in [-0.4, -0.2) is 49.4 Å². The van der Waals surface area contributed by atoms with E-state index in [1.165, 1.54) is 5.56 Å². The summed E-state index contributed by atoms with van der Waals surface area (Å²) in [6, 6.07) is 7.90. The Morgan fingerprint density at radius 1 is 1.20 bits per heavy atom. The fraction of sp³-hybridized carbons (Fsp3) is 0.600. The third-order valence-electron chi connectivity index (χ3n) is 5.56. The zero-order chi connectivity index (χ0) is 17.8. The Morgan fingerprint density at radius 3 is 2.52 bits per heavy atom. The van der Waals surface area contributed by atoms with Crippen molar-refractivity contribution in [1.29, 1.82) is 0 Å². The fourth-order valence-electron chi connectivity index (χ4n) is 3.75. The van der Waals surface area contributed by atoms with E-state index in [0.29, 0.717) is 18.9 Å². The minimum Gasteiger partial charge on any atom is -0.356 e. The van der Waals surface area contributed by atoms with E-state index in [4.69, 9.17) is 0 Å². The van der Waals surface area contributed by atoms with Crippen LogP contribution in [0.15, 0.2) is 24.3 Å². The number of hydrogen-bond acceptors (Lipinski definition) is 3. The predicted octanol–water partition coefficient (Wildman–Crippen LogP) is 2.20. The molecule has 1 atom stereocenters. The summed E-state index contributed by atoms with van der Waals surface area (Å²) in [7, 11) is 0. The van der Waals surface area contributed by atoms with Crippen molar-refractivity contribution in [1.82, 2.24) is 10.2 Å². The number of likely N-dealkylation sites (tertiary alicyclic amines) is 1. The van der Waals surface area contributed by atoms with Gasteiger partial charge in [-0.25, -0.2) is 0 Å². The van der Waals surface area contributed by atoms with Gasteiger partial charge in [0.05, 0.1) is 5.92 Å². The molecule has 2 saturated heterocycles. The molecule has 2 heterocycles. The first-order valence-electron chi connectivity index (χ1n) is 9.44. The van der Waals surface area contributed by atoms with E-state index < -0.39 is 0 Å². The fourth-order valence-corrected chi connectivity index (χ4v) is 3.75. The summed E-state index contributed by atoms with van der Waals surface area (Å²) in [6.45, 7) is 8.81. The van der Waals surface area contributed by atoms with E-state index >= 15 is 0 Å². The van der Waals surface area contributed by atoms with Gasteiger partial charge >= 0.3 is 0 Å². The van der Waals surface area contributed by atoms with Crippen molar-refractivity contribution in [3.63, 3.8) is 0 Å². The number of carbonyl (C=O) groups is 2. The first-order chi connectivity index (χ1) is 12.1. The van der Waals surface area contributed by atoms with Crippen LogP contribution in [0.3, 0.4) is 0 Å².